The third kappa shape index (κ3) is 5.15. The molecule has 0 unspecified atom stereocenters. The average Bonchev–Trinajstić information content (AvgIpc) is 2.72. The van der Waals surface area contributed by atoms with Crippen LogP contribution < -0.4 is 10.2 Å². The molecule has 1 amide bonds. The van der Waals surface area contributed by atoms with Gasteiger partial charge >= 0.3 is 0 Å². The van der Waals surface area contributed by atoms with Crippen LogP contribution in [0.1, 0.15) is 17.2 Å². The Morgan fingerprint density at radius 3 is 2.74 bits per heavy atom. The van der Waals surface area contributed by atoms with E-state index in [0.717, 1.165) is 24.3 Å². The van der Waals surface area contributed by atoms with E-state index in [-0.39, 0.29) is 6.61 Å². The SMILES string of the molecule is O=C(/C=C/c1ccccc1F)N[C@@H](CO)c1cccc(N2CCOCC2)c1. The Kier molecular flexibility index (Phi) is 6.57. The van der Waals surface area contributed by atoms with Gasteiger partial charge in [0.2, 0.25) is 5.91 Å². The summed E-state index contributed by atoms with van der Waals surface area (Å²) in [7, 11) is 0. The Bertz CT molecular complexity index is 804. The van der Waals surface area contributed by atoms with Gasteiger partial charge in [0.1, 0.15) is 5.82 Å². The minimum Gasteiger partial charge on any atom is -0.394 e. The molecule has 0 aliphatic carbocycles. The number of carbonyl (C=O) groups is 1. The monoisotopic (exact) mass is 370 g/mol. The first kappa shape index (κ1) is 19.1. The van der Waals surface area contributed by atoms with Gasteiger partial charge in [-0.05, 0) is 29.8 Å². The molecule has 0 radical (unpaired) electrons. The summed E-state index contributed by atoms with van der Waals surface area (Å²) in [4.78, 5) is 14.4. The molecule has 1 heterocycles. The predicted octanol–water partition coefficient (Wildman–Crippen LogP) is 2.53. The maximum absolute atomic E-state index is 13.6. The van der Waals surface area contributed by atoms with E-state index in [1.807, 2.05) is 24.3 Å². The zero-order chi connectivity index (χ0) is 19.1. The summed E-state index contributed by atoms with van der Waals surface area (Å²) in [5.41, 5.74) is 2.18. The number of hydrogen-bond donors (Lipinski definition) is 2. The largest absolute Gasteiger partial charge is 0.394 e. The summed E-state index contributed by atoms with van der Waals surface area (Å²) in [6.07, 6.45) is 2.69. The number of benzene rings is 2. The maximum atomic E-state index is 13.6. The standard InChI is InChI=1S/C21H23FN2O3/c22-19-7-2-1-4-16(19)8-9-21(26)23-20(15-25)17-5-3-6-18(14-17)24-10-12-27-13-11-24/h1-9,14,20,25H,10-13,15H2,(H,23,26)/b9-8+/t20-/m0/s1. The highest BCUT2D eigenvalue weighted by atomic mass is 19.1. The van der Waals surface area contributed by atoms with Crippen molar-refractivity contribution < 1.29 is 19.0 Å². The van der Waals surface area contributed by atoms with Crippen LogP contribution in [0.5, 0.6) is 0 Å². The van der Waals surface area contributed by atoms with Crippen molar-refractivity contribution in [3.8, 4) is 0 Å². The number of anilines is 1. The third-order valence-corrected chi connectivity index (χ3v) is 4.47. The Morgan fingerprint density at radius 2 is 2.00 bits per heavy atom. The molecule has 5 nitrogen and oxygen atoms in total. The third-order valence-electron chi connectivity index (χ3n) is 4.47. The molecule has 1 aliphatic heterocycles. The highest BCUT2D eigenvalue weighted by molar-refractivity contribution is 5.92. The van der Waals surface area contributed by atoms with Gasteiger partial charge in [-0.3, -0.25) is 4.79 Å². The van der Waals surface area contributed by atoms with Crippen molar-refractivity contribution in [2.24, 2.45) is 0 Å². The average molecular weight is 370 g/mol. The van der Waals surface area contributed by atoms with Crippen LogP contribution in [-0.2, 0) is 9.53 Å². The normalized spacial score (nSPS) is 15.7. The predicted molar refractivity (Wildman–Crippen MR) is 103 cm³/mol. The molecule has 27 heavy (non-hydrogen) atoms. The number of nitrogens with one attached hydrogen (secondary N) is 1. The van der Waals surface area contributed by atoms with Crippen LogP contribution >= 0.6 is 0 Å². The molecule has 1 atom stereocenters. The smallest absolute Gasteiger partial charge is 0.244 e. The van der Waals surface area contributed by atoms with E-state index in [0.29, 0.717) is 18.8 Å². The summed E-state index contributed by atoms with van der Waals surface area (Å²) in [5.74, 6) is -0.785. The molecule has 142 valence electrons. The van der Waals surface area contributed by atoms with Gasteiger partial charge in [0.15, 0.2) is 0 Å². The van der Waals surface area contributed by atoms with E-state index >= 15 is 0 Å². The van der Waals surface area contributed by atoms with Gasteiger partial charge in [0, 0.05) is 30.4 Å². The van der Waals surface area contributed by atoms with E-state index in [2.05, 4.69) is 10.2 Å². The van der Waals surface area contributed by atoms with Gasteiger partial charge in [0.25, 0.3) is 0 Å². The number of hydrogen-bond acceptors (Lipinski definition) is 4. The zero-order valence-electron chi connectivity index (χ0n) is 15.0. The van der Waals surface area contributed by atoms with Crippen molar-refractivity contribution in [3.05, 3.63) is 71.6 Å². The van der Waals surface area contributed by atoms with Crippen LogP contribution in [0, 0.1) is 5.82 Å². The molecule has 0 spiro atoms. The number of ether oxygens (including phenoxy) is 1. The molecule has 2 N–H and O–H groups in total. The molecule has 1 aliphatic rings. The van der Waals surface area contributed by atoms with Gasteiger partial charge < -0.3 is 20.1 Å². The summed E-state index contributed by atoms with van der Waals surface area (Å²) in [6.45, 7) is 2.76. The van der Waals surface area contributed by atoms with Crippen LogP contribution in [0.3, 0.4) is 0 Å². The van der Waals surface area contributed by atoms with Crippen molar-refractivity contribution in [1.82, 2.24) is 5.32 Å². The van der Waals surface area contributed by atoms with Crippen LogP contribution in [-0.4, -0.2) is 43.9 Å². The first-order valence-electron chi connectivity index (χ1n) is 8.94. The van der Waals surface area contributed by atoms with E-state index < -0.39 is 17.8 Å². The topological polar surface area (TPSA) is 61.8 Å². The highest BCUT2D eigenvalue weighted by Gasteiger charge is 2.16. The second-order valence-corrected chi connectivity index (χ2v) is 6.29. The molecule has 6 heteroatoms. The Hall–Kier alpha value is -2.70. The lowest BCUT2D eigenvalue weighted by atomic mass is 10.1. The van der Waals surface area contributed by atoms with Crippen LogP contribution in [0.4, 0.5) is 10.1 Å². The Balaban J connectivity index is 1.67. The number of aliphatic hydroxyl groups is 1. The zero-order valence-corrected chi connectivity index (χ0v) is 15.0. The molecule has 1 fully saturated rings. The molecule has 2 aromatic rings. The second kappa shape index (κ2) is 9.30. The van der Waals surface area contributed by atoms with Crippen molar-refractivity contribution in [1.29, 1.82) is 0 Å². The van der Waals surface area contributed by atoms with Crippen molar-refractivity contribution >= 4 is 17.7 Å². The molecular weight excluding hydrogens is 347 g/mol. The molecular formula is C21H23FN2O3. The summed E-state index contributed by atoms with van der Waals surface area (Å²) < 4.78 is 19.0. The van der Waals surface area contributed by atoms with Gasteiger partial charge in [-0.1, -0.05) is 30.3 Å². The summed E-state index contributed by atoms with van der Waals surface area (Å²) >= 11 is 0. The summed E-state index contributed by atoms with van der Waals surface area (Å²) in [5, 5.41) is 12.5. The van der Waals surface area contributed by atoms with Crippen LogP contribution in [0.15, 0.2) is 54.6 Å². The minimum absolute atomic E-state index is 0.230. The van der Waals surface area contributed by atoms with E-state index in [9.17, 15) is 14.3 Å². The maximum Gasteiger partial charge on any atom is 0.244 e. The fourth-order valence-corrected chi connectivity index (χ4v) is 2.99. The lowest BCUT2D eigenvalue weighted by Gasteiger charge is -2.29. The molecule has 3 rings (SSSR count). The quantitative estimate of drug-likeness (QED) is 0.767. The number of halogens is 1. The fourth-order valence-electron chi connectivity index (χ4n) is 2.99. The van der Waals surface area contributed by atoms with Crippen molar-refractivity contribution in [3.63, 3.8) is 0 Å². The summed E-state index contributed by atoms with van der Waals surface area (Å²) in [6, 6.07) is 13.4. The number of amides is 1. The number of rotatable bonds is 6. The number of carbonyl (C=O) groups excluding carboxylic acids is 1. The van der Waals surface area contributed by atoms with E-state index in [1.54, 1.807) is 18.2 Å². The number of aliphatic hydroxyl groups excluding tert-OH is 1. The van der Waals surface area contributed by atoms with Gasteiger partial charge in [0.05, 0.1) is 25.9 Å². The second-order valence-electron chi connectivity index (χ2n) is 6.29. The highest BCUT2D eigenvalue weighted by Crippen LogP contribution is 2.22. The lowest BCUT2D eigenvalue weighted by molar-refractivity contribution is -0.117. The van der Waals surface area contributed by atoms with E-state index in [1.165, 1.54) is 18.2 Å². The first-order chi connectivity index (χ1) is 13.2. The molecule has 2 aromatic carbocycles. The van der Waals surface area contributed by atoms with Crippen molar-refractivity contribution in [2.75, 3.05) is 37.8 Å². The van der Waals surface area contributed by atoms with Gasteiger partial charge in [-0.2, -0.15) is 0 Å². The number of morpholine rings is 1. The Morgan fingerprint density at radius 1 is 1.22 bits per heavy atom. The Labute approximate surface area is 158 Å². The molecule has 0 saturated carbocycles. The minimum atomic E-state index is -0.538. The van der Waals surface area contributed by atoms with E-state index in [4.69, 9.17) is 4.74 Å². The van der Waals surface area contributed by atoms with Gasteiger partial charge in [-0.25, -0.2) is 4.39 Å². The van der Waals surface area contributed by atoms with Gasteiger partial charge in [-0.15, -0.1) is 0 Å². The van der Waals surface area contributed by atoms with Crippen molar-refractivity contribution in [2.45, 2.75) is 6.04 Å². The number of nitrogens with zero attached hydrogens (tertiary/aromatic N) is 1. The van der Waals surface area contributed by atoms with Crippen LogP contribution in [0.2, 0.25) is 0 Å². The lowest BCUT2D eigenvalue weighted by Crippen LogP contribution is -2.36. The molecule has 0 bridgehead atoms. The first-order valence-corrected chi connectivity index (χ1v) is 8.94. The fraction of sp³-hybridized carbons (Fsp3) is 0.286. The van der Waals surface area contributed by atoms with Crippen LogP contribution in [0.25, 0.3) is 6.08 Å². The molecule has 0 aromatic heterocycles. The molecule has 1 saturated heterocycles.